The maximum Gasteiger partial charge on any atom is 0.275 e. The van der Waals surface area contributed by atoms with E-state index in [0.29, 0.717) is 11.5 Å². The van der Waals surface area contributed by atoms with Gasteiger partial charge in [0.05, 0.1) is 26.9 Å². The molecule has 2 aromatic rings. The Hall–Kier alpha value is -2.29. The van der Waals surface area contributed by atoms with E-state index in [1.54, 1.807) is 29.5 Å². The van der Waals surface area contributed by atoms with Gasteiger partial charge in [-0.15, -0.1) is 11.3 Å². The highest BCUT2D eigenvalue weighted by Crippen LogP contribution is 2.35. The molecule has 0 saturated carbocycles. The number of hydroxylamine groups is 1. The molecule has 3 heterocycles. The van der Waals surface area contributed by atoms with Crippen molar-refractivity contribution in [3.63, 3.8) is 0 Å². The lowest BCUT2D eigenvalue weighted by Crippen LogP contribution is -2.26. The molecule has 2 aliphatic heterocycles. The second-order valence-electron chi connectivity index (χ2n) is 6.13. The second-order valence-corrected chi connectivity index (χ2v) is 7.02. The van der Waals surface area contributed by atoms with Crippen molar-refractivity contribution in [2.45, 2.75) is 24.9 Å². The third-order valence-electron chi connectivity index (χ3n) is 4.54. The summed E-state index contributed by atoms with van der Waals surface area (Å²) in [5.41, 5.74) is 5.06. The number of piperidine rings is 1. The Balaban J connectivity index is 1.56. The fourth-order valence-electron chi connectivity index (χ4n) is 3.20. The summed E-state index contributed by atoms with van der Waals surface area (Å²) in [6.07, 6.45) is 3.56. The largest absolute Gasteiger partial charge is 0.317 e. The number of benzene rings is 1. The van der Waals surface area contributed by atoms with Crippen LogP contribution >= 0.6 is 11.3 Å². The van der Waals surface area contributed by atoms with Crippen molar-refractivity contribution in [2.24, 2.45) is 0 Å². The van der Waals surface area contributed by atoms with Gasteiger partial charge in [0.2, 0.25) is 0 Å². The van der Waals surface area contributed by atoms with Crippen LogP contribution in [-0.4, -0.2) is 23.0 Å². The minimum Gasteiger partial charge on any atom is -0.317 e. The van der Waals surface area contributed by atoms with E-state index >= 15 is 0 Å². The summed E-state index contributed by atoms with van der Waals surface area (Å²) < 4.78 is 0. The van der Waals surface area contributed by atoms with Crippen molar-refractivity contribution in [2.75, 3.05) is 13.1 Å². The third-order valence-corrected chi connectivity index (χ3v) is 5.55. The Bertz CT molecular complexity index is 814. The smallest absolute Gasteiger partial charge is 0.275 e. The highest BCUT2D eigenvalue weighted by molar-refractivity contribution is 7.09. The number of para-hydroxylation sites is 1. The van der Waals surface area contributed by atoms with Crippen molar-refractivity contribution >= 4 is 22.7 Å². The Labute approximate surface area is 148 Å². The van der Waals surface area contributed by atoms with Gasteiger partial charge in [-0.3, -0.25) is 20.4 Å². The lowest BCUT2D eigenvalue weighted by Gasteiger charge is -2.20. The van der Waals surface area contributed by atoms with Gasteiger partial charge >= 0.3 is 0 Å². The van der Waals surface area contributed by atoms with Gasteiger partial charge in [0.25, 0.3) is 5.69 Å². The number of aromatic nitrogens is 1. The van der Waals surface area contributed by atoms with Crippen LogP contribution < -0.4 is 10.8 Å². The van der Waals surface area contributed by atoms with Crippen LogP contribution in [0.4, 0.5) is 5.69 Å². The van der Waals surface area contributed by atoms with Gasteiger partial charge in [-0.05, 0) is 38.1 Å². The van der Waals surface area contributed by atoms with Crippen LogP contribution in [0.2, 0.25) is 0 Å². The zero-order valence-corrected chi connectivity index (χ0v) is 14.3. The van der Waals surface area contributed by atoms with Crippen LogP contribution in [0.25, 0.3) is 5.70 Å². The van der Waals surface area contributed by atoms with Gasteiger partial charge in [-0.1, -0.05) is 12.1 Å². The summed E-state index contributed by atoms with van der Waals surface area (Å²) in [7, 11) is 0. The quantitative estimate of drug-likeness (QED) is 0.645. The Morgan fingerprint density at radius 1 is 1.28 bits per heavy atom. The number of hydrogen-bond donors (Lipinski definition) is 2. The fraction of sp³-hybridized carbons (Fsp3) is 0.353. The molecular formula is C17H18N4O3S. The molecule has 2 N–H and O–H groups in total. The van der Waals surface area contributed by atoms with Gasteiger partial charge in [-0.2, -0.15) is 0 Å². The molecule has 1 aromatic carbocycles. The molecule has 1 aromatic heterocycles. The van der Waals surface area contributed by atoms with E-state index in [-0.39, 0.29) is 10.6 Å². The summed E-state index contributed by atoms with van der Waals surface area (Å²) in [5, 5.41) is 17.7. The van der Waals surface area contributed by atoms with Crippen molar-refractivity contribution in [1.82, 2.24) is 15.8 Å². The number of hydrogen-bond acceptors (Lipinski definition) is 7. The number of nitro groups is 1. The first-order valence-electron chi connectivity index (χ1n) is 8.25. The maximum atomic E-state index is 11.2. The molecule has 130 valence electrons. The number of nitro benzene ring substituents is 1. The van der Waals surface area contributed by atoms with Crippen LogP contribution in [0, 0.1) is 10.1 Å². The SMILES string of the molecule is O=[N+]([O-])c1ccccc1C1C=C(c2csc(C3CCNCC3)n2)NO1. The van der Waals surface area contributed by atoms with Crippen LogP contribution in [0.5, 0.6) is 0 Å². The molecule has 4 rings (SSSR count). The Morgan fingerprint density at radius 3 is 2.88 bits per heavy atom. The van der Waals surface area contributed by atoms with Crippen LogP contribution in [0.1, 0.15) is 41.1 Å². The summed E-state index contributed by atoms with van der Waals surface area (Å²) in [6, 6.07) is 6.63. The predicted molar refractivity (Wildman–Crippen MR) is 95.0 cm³/mol. The molecule has 8 heteroatoms. The van der Waals surface area contributed by atoms with E-state index < -0.39 is 6.10 Å². The van der Waals surface area contributed by atoms with Gasteiger partial charge in [-0.25, -0.2) is 4.98 Å². The van der Waals surface area contributed by atoms with Crippen LogP contribution in [0.15, 0.2) is 35.7 Å². The van der Waals surface area contributed by atoms with Gasteiger partial charge in [0.1, 0.15) is 6.10 Å². The molecule has 0 amide bonds. The van der Waals surface area contributed by atoms with Gasteiger partial charge < -0.3 is 5.32 Å². The highest BCUT2D eigenvalue weighted by atomic mass is 32.1. The van der Waals surface area contributed by atoms with E-state index in [2.05, 4.69) is 10.8 Å². The molecule has 1 fully saturated rings. The molecule has 25 heavy (non-hydrogen) atoms. The number of nitrogens with one attached hydrogen (secondary N) is 2. The number of rotatable bonds is 4. The molecule has 0 bridgehead atoms. The lowest BCUT2D eigenvalue weighted by molar-refractivity contribution is -0.386. The number of nitrogens with zero attached hydrogens (tertiary/aromatic N) is 2. The van der Waals surface area contributed by atoms with E-state index in [0.717, 1.165) is 42.3 Å². The molecular weight excluding hydrogens is 340 g/mol. The zero-order valence-electron chi connectivity index (χ0n) is 13.5. The highest BCUT2D eigenvalue weighted by Gasteiger charge is 2.27. The second kappa shape index (κ2) is 6.91. The minimum absolute atomic E-state index is 0.0560. The van der Waals surface area contributed by atoms with E-state index in [1.807, 2.05) is 11.5 Å². The first-order chi connectivity index (χ1) is 12.2. The monoisotopic (exact) mass is 358 g/mol. The van der Waals surface area contributed by atoms with Crippen molar-refractivity contribution < 1.29 is 9.76 Å². The van der Waals surface area contributed by atoms with Crippen molar-refractivity contribution in [1.29, 1.82) is 0 Å². The van der Waals surface area contributed by atoms with Gasteiger partial charge in [0.15, 0.2) is 0 Å². The van der Waals surface area contributed by atoms with Gasteiger partial charge in [0, 0.05) is 17.4 Å². The predicted octanol–water partition coefficient (Wildman–Crippen LogP) is 3.14. The normalized spacial score (nSPS) is 21.0. The standard InChI is InChI=1S/C17H18N4O3S/c22-21(23)15-4-2-1-3-12(15)16-9-13(20-24-16)14-10-25-17(19-14)11-5-7-18-8-6-11/h1-4,9-11,16,18,20H,5-8H2. The topological polar surface area (TPSA) is 89.3 Å². The molecule has 0 radical (unpaired) electrons. The molecule has 1 saturated heterocycles. The first kappa shape index (κ1) is 16.2. The fourth-order valence-corrected chi connectivity index (χ4v) is 4.19. The van der Waals surface area contributed by atoms with Crippen LogP contribution in [0.3, 0.4) is 0 Å². The average molecular weight is 358 g/mol. The Morgan fingerprint density at radius 2 is 2.08 bits per heavy atom. The summed E-state index contributed by atoms with van der Waals surface area (Å²) in [6.45, 7) is 2.06. The summed E-state index contributed by atoms with van der Waals surface area (Å²) >= 11 is 1.66. The molecule has 1 unspecified atom stereocenters. The third kappa shape index (κ3) is 3.28. The van der Waals surface area contributed by atoms with Crippen molar-refractivity contribution in [3.05, 3.63) is 62.1 Å². The van der Waals surface area contributed by atoms with E-state index in [4.69, 9.17) is 9.82 Å². The van der Waals surface area contributed by atoms with Crippen LogP contribution in [-0.2, 0) is 4.84 Å². The molecule has 0 aliphatic carbocycles. The minimum atomic E-state index is -0.499. The molecule has 1 atom stereocenters. The zero-order chi connectivity index (χ0) is 17.2. The lowest BCUT2D eigenvalue weighted by atomic mass is 9.99. The number of thiazole rings is 1. The van der Waals surface area contributed by atoms with Crippen molar-refractivity contribution in [3.8, 4) is 0 Å². The first-order valence-corrected chi connectivity index (χ1v) is 9.13. The molecule has 0 spiro atoms. The molecule has 2 aliphatic rings. The molecule has 7 nitrogen and oxygen atoms in total. The summed E-state index contributed by atoms with van der Waals surface area (Å²) in [5.74, 6) is 0.508. The average Bonchev–Trinajstić information content (AvgIpc) is 3.32. The van der Waals surface area contributed by atoms with E-state index in [9.17, 15) is 10.1 Å². The Kier molecular flexibility index (Phi) is 4.48. The maximum absolute atomic E-state index is 11.2. The summed E-state index contributed by atoms with van der Waals surface area (Å²) in [4.78, 5) is 21.1. The van der Waals surface area contributed by atoms with E-state index in [1.165, 1.54) is 6.07 Å².